The monoisotopic (exact) mass is 560 g/mol. The van der Waals surface area contributed by atoms with E-state index in [1.165, 1.54) is 28.0 Å². The number of hydrogen-bond acceptors (Lipinski definition) is 5. The molecule has 1 amide bonds. The molecule has 6 rings (SSSR count). The number of nitrogens with zero attached hydrogens (tertiary/aromatic N) is 1. The number of amides is 1. The van der Waals surface area contributed by atoms with Gasteiger partial charge in [0.15, 0.2) is 0 Å². The fourth-order valence-electron chi connectivity index (χ4n) is 5.69. The first-order chi connectivity index (χ1) is 19.9. The van der Waals surface area contributed by atoms with Crippen LogP contribution in [0.5, 0.6) is 0 Å². The number of esters is 1. The number of fused-ring (bicyclic) bond motifs is 2. The normalized spacial score (nSPS) is 14.5. The molecule has 0 saturated heterocycles. The summed E-state index contributed by atoms with van der Waals surface area (Å²) in [6.45, 7) is 6.23. The molecular formula is C35H32N2O3S. The molecule has 206 valence electrons. The standard InChI is InChI=1S/C35H32N2O3S/c1-4-40-35(39)32-27-17-16-24(23-10-6-5-7-11-23)19-31(27)41-34(32)37-33(38)28-20-30(25-15-14-21(2)22(3)18-25)36-29-13-9-8-12-26(28)29/h5-15,18,20,24H,4,16-17,19H2,1-3H3,(H,37,38)/t24-/m1/s1. The van der Waals surface area contributed by atoms with E-state index in [1.54, 1.807) is 6.92 Å². The Bertz CT molecular complexity index is 1770. The summed E-state index contributed by atoms with van der Waals surface area (Å²) in [6.07, 6.45) is 2.55. The smallest absolute Gasteiger partial charge is 0.341 e. The fraction of sp³-hybridized carbons (Fsp3) is 0.229. The van der Waals surface area contributed by atoms with Gasteiger partial charge in [0, 0.05) is 15.8 Å². The Hall–Kier alpha value is -4.29. The topological polar surface area (TPSA) is 68.3 Å². The molecule has 5 nitrogen and oxygen atoms in total. The first-order valence-electron chi connectivity index (χ1n) is 14.1. The Morgan fingerprint density at radius 3 is 2.54 bits per heavy atom. The molecule has 41 heavy (non-hydrogen) atoms. The van der Waals surface area contributed by atoms with Gasteiger partial charge in [0.25, 0.3) is 5.91 Å². The summed E-state index contributed by atoms with van der Waals surface area (Å²) in [5.41, 5.74) is 8.14. The van der Waals surface area contributed by atoms with Crippen LogP contribution in [0.1, 0.15) is 67.1 Å². The van der Waals surface area contributed by atoms with Crippen molar-refractivity contribution in [2.24, 2.45) is 0 Å². The van der Waals surface area contributed by atoms with Crippen LogP contribution in [0, 0.1) is 13.8 Å². The number of hydrogen-bond donors (Lipinski definition) is 1. The van der Waals surface area contributed by atoms with Crippen molar-refractivity contribution in [1.29, 1.82) is 0 Å². The molecular weight excluding hydrogens is 528 g/mol. The van der Waals surface area contributed by atoms with Crippen molar-refractivity contribution >= 4 is 39.1 Å². The largest absolute Gasteiger partial charge is 0.462 e. The minimum Gasteiger partial charge on any atom is -0.462 e. The van der Waals surface area contributed by atoms with Crippen LogP contribution in [0.2, 0.25) is 0 Å². The summed E-state index contributed by atoms with van der Waals surface area (Å²) in [5, 5.41) is 4.44. The third kappa shape index (κ3) is 5.27. The van der Waals surface area contributed by atoms with Gasteiger partial charge in [0.1, 0.15) is 5.00 Å². The fourth-order valence-corrected chi connectivity index (χ4v) is 7.00. The highest BCUT2D eigenvalue weighted by Crippen LogP contribution is 2.43. The zero-order valence-electron chi connectivity index (χ0n) is 23.5. The first-order valence-corrected chi connectivity index (χ1v) is 14.9. The molecule has 1 atom stereocenters. The molecule has 0 radical (unpaired) electrons. The van der Waals surface area contributed by atoms with Crippen molar-refractivity contribution in [1.82, 2.24) is 4.98 Å². The van der Waals surface area contributed by atoms with E-state index in [9.17, 15) is 9.59 Å². The van der Waals surface area contributed by atoms with Gasteiger partial charge in [-0.1, -0.05) is 60.7 Å². The number of aryl methyl sites for hydroxylation is 2. The lowest BCUT2D eigenvalue weighted by Crippen LogP contribution is -2.17. The van der Waals surface area contributed by atoms with Gasteiger partial charge in [-0.25, -0.2) is 9.78 Å². The number of nitrogens with one attached hydrogen (secondary N) is 1. The lowest BCUT2D eigenvalue weighted by atomic mass is 9.83. The maximum atomic E-state index is 14.0. The molecule has 5 aromatic rings. The highest BCUT2D eigenvalue weighted by atomic mass is 32.1. The number of benzene rings is 3. The van der Waals surface area contributed by atoms with Crippen LogP contribution >= 0.6 is 11.3 Å². The number of pyridine rings is 1. The Balaban J connectivity index is 1.39. The van der Waals surface area contributed by atoms with Gasteiger partial charge in [-0.2, -0.15) is 0 Å². The minimum absolute atomic E-state index is 0.266. The number of thiophene rings is 1. The molecule has 0 fully saturated rings. The van der Waals surface area contributed by atoms with Crippen LogP contribution in [-0.4, -0.2) is 23.5 Å². The van der Waals surface area contributed by atoms with E-state index >= 15 is 0 Å². The van der Waals surface area contributed by atoms with E-state index in [0.717, 1.165) is 51.9 Å². The number of para-hydroxylation sites is 1. The number of carbonyl (C=O) groups is 2. The number of aromatic nitrogens is 1. The highest BCUT2D eigenvalue weighted by molar-refractivity contribution is 7.17. The van der Waals surface area contributed by atoms with Crippen molar-refractivity contribution in [2.75, 3.05) is 11.9 Å². The third-order valence-electron chi connectivity index (χ3n) is 8.01. The zero-order valence-corrected chi connectivity index (χ0v) is 24.3. The summed E-state index contributed by atoms with van der Waals surface area (Å²) in [7, 11) is 0. The van der Waals surface area contributed by atoms with Crippen molar-refractivity contribution < 1.29 is 14.3 Å². The van der Waals surface area contributed by atoms with Gasteiger partial charge in [0.05, 0.1) is 28.9 Å². The zero-order chi connectivity index (χ0) is 28.5. The summed E-state index contributed by atoms with van der Waals surface area (Å²) in [5.74, 6) is -0.267. The van der Waals surface area contributed by atoms with Gasteiger partial charge in [-0.05, 0) is 86.4 Å². The maximum absolute atomic E-state index is 14.0. The first kappa shape index (κ1) is 26.9. The average Bonchev–Trinajstić information content (AvgIpc) is 3.35. The van der Waals surface area contributed by atoms with Crippen LogP contribution < -0.4 is 5.32 Å². The van der Waals surface area contributed by atoms with Crippen LogP contribution in [0.15, 0.2) is 78.9 Å². The van der Waals surface area contributed by atoms with Crippen molar-refractivity contribution in [3.8, 4) is 11.3 Å². The van der Waals surface area contributed by atoms with E-state index in [0.29, 0.717) is 22.0 Å². The number of carbonyl (C=O) groups excluding carboxylic acids is 2. The predicted molar refractivity (Wildman–Crippen MR) is 166 cm³/mol. The second-order valence-corrected chi connectivity index (χ2v) is 11.7. The lowest BCUT2D eigenvalue weighted by molar-refractivity contribution is 0.0526. The molecule has 1 aliphatic rings. The summed E-state index contributed by atoms with van der Waals surface area (Å²) in [6, 6.07) is 26.2. The van der Waals surface area contributed by atoms with Gasteiger partial charge in [0.2, 0.25) is 0 Å². The van der Waals surface area contributed by atoms with Gasteiger partial charge in [-0.15, -0.1) is 11.3 Å². The summed E-state index contributed by atoms with van der Waals surface area (Å²) in [4.78, 5) is 33.2. The number of rotatable bonds is 6. The highest BCUT2D eigenvalue weighted by Gasteiger charge is 2.31. The average molecular weight is 561 g/mol. The third-order valence-corrected chi connectivity index (χ3v) is 9.18. The van der Waals surface area contributed by atoms with Gasteiger partial charge < -0.3 is 10.1 Å². The molecule has 2 heterocycles. The van der Waals surface area contributed by atoms with E-state index < -0.39 is 0 Å². The predicted octanol–water partition coefficient (Wildman–Crippen LogP) is 8.28. The molecule has 1 N–H and O–H groups in total. The van der Waals surface area contributed by atoms with Crippen LogP contribution in [0.4, 0.5) is 5.00 Å². The van der Waals surface area contributed by atoms with Gasteiger partial charge in [-0.3, -0.25) is 4.79 Å². The summed E-state index contributed by atoms with van der Waals surface area (Å²) < 4.78 is 5.47. The Morgan fingerprint density at radius 2 is 1.76 bits per heavy atom. The Kier molecular flexibility index (Phi) is 7.41. The van der Waals surface area contributed by atoms with Crippen LogP contribution in [-0.2, 0) is 17.6 Å². The Labute approximate surface area is 244 Å². The van der Waals surface area contributed by atoms with Crippen molar-refractivity contribution in [2.45, 2.75) is 46.0 Å². The molecule has 0 aliphatic heterocycles. The van der Waals surface area contributed by atoms with Gasteiger partial charge >= 0.3 is 5.97 Å². The second-order valence-electron chi connectivity index (χ2n) is 10.6. The van der Waals surface area contributed by atoms with Crippen molar-refractivity contribution in [3.63, 3.8) is 0 Å². The van der Waals surface area contributed by atoms with E-state index in [1.807, 2.05) is 42.5 Å². The van der Waals surface area contributed by atoms with Crippen LogP contribution in [0.3, 0.4) is 0 Å². The van der Waals surface area contributed by atoms with E-state index in [4.69, 9.17) is 9.72 Å². The van der Waals surface area contributed by atoms with E-state index in [-0.39, 0.29) is 18.5 Å². The molecule has 0 unspecified atom stereocenters. The Morgan fingerprint density at radius 1 is 0.976 bits per heavy atom. The molecule has 2 aromatic heterocycles. The molecule has 0 spiro atoms. The number of ether oxygens (including phenoxy) is 1. The number of anilines is 1. The SMILES string of the molecule is CCOC(=O)c1c(NC(=O)c2cc(-c3ccc(C)c(C)c3)nc3ccccc23)sc2c1CC[C@@H](c1ccccc1)C2. The van der Waals surface area contributed by atoms with Crippen LogP contribution in [0.25, 0.3) is 22.2 Å². The minimum atomic E-state index is -0.381. The van der Waals surface area contributed by atoms with E-state index in [2.05, 4.69) is 55.6 Å². The molecule has 0 bridgehead atoms. The maximum Gasteiger partial charge on any atom is 0.341 e. The van der Waals surface area contributed by atoms with Crippen molar-refractivity contribution in [3.05, 3.63) is 117 Å². The molecule has 1 aliphatic carbocycles. The summed E-state index contributed by atoms with van der Waals surface area (Å²) >= 11 is 1.50. The molecule has 6 heteroatoms. The molecule has 3 aromatic carbocycles. The quantitative estimate of drug-likeness (QED) is 0.212. The second kappa shape index (κ2) is 11.3. The lowest BCUT2D eigenvalue weighted by Gasteiger charge is -2.23. The molecule has 0 saturated carbocycles.